The summed E-state index contributed by atoms with van der Waals surface area (Å²) >= 11 is 0. The molecule has 4 nitrogen and oxygen atoms in total. The zero-order chi connectivity index (χ0) is 13.6. The molecule has 2 N–H and O–H groups in total. The fourth-order valence-electron chi connectivity index (χ4n) is 1.78. The molecule has 0 spiro atoms. The maximum Gasteiger partial charge on any atom is 0.226 e. The van der Waals surface area contributed by atoms with E-state index in [1.807, 2.05) is 21.1 Å². The number of nitrogens with zero attached hydrogens (tertiary/aromatic N) is 2. The van der Waals surface area contributed by atoms with Crippen molar-refractivity contribution in [3.8, 4) is 0 Å². The van der Waals surface area contributed by atoms with Gasteiger partial charge in [0.2, 0.25) is 5.91 Å². The fraction of sp³-hybridized carbons (Fsp3) is 0.923. The van der Waals surface area contributed by atoms with Crippen LogP contribution in [-0.2, 0) is 4.79 Å². The van der Waals surface area contributed by atoms with Crippen LogP contribution in [0.25, 0.3) is 0 Å². The first-order valence-corrected chi connectivity index (χ1v) is 6.27. The molecule has 0 aliphatic rings. The summed E-state index contributed by atoms with van der Waals surface area (Å²) in [7, 11) is 5.87. The Morgan fingerprint density at radius 2 is 1.71 bits per heavy atom. The van der Waals surface area contributed by atoms with E-state index in [1.54, 1.807) is 4.90 Å². The smallest absolute Gasteiger partial charge is 0.226 e. The highest BCUT2D eigenvalue weighted by Gasteiger charge is 2.25. The number of hydrogen-bond donors (Lipinski definition) is 1. The first-order valence-electron chi connectivity index (χ1n) is 6.27. The van der Waals surface area contributed by atoms with Crippen molar-refractivity contribution in [1.29, 1.82) is 0 Å². The standard InChI is InChI=1S/C13H29N3O/c1-13(2,3)9-11(10-14)12(17)16(6)8-7-15(4)5/h11H,7-10,14H2,1-6H3. The summed E-state index contributed by atoms with van der Waals surface area (Å²) in [5.74, 6) is 0.117. The van der Waals surface area contributed by atoms with E-state index in [9.17, 15) is 4.79 Å². The topological polar surface area (TPSA) is 49.6 Å². The van der Waals surface area contributed by atoms with Gasteiger partial charge in [0, 0.05) is 26.7 Å². The van der Waals surface area contributed by atoms with E-state index in [0.29, 0.717) is 6.54 Å². The molecule has 0 bridgehead atoms. The van der Waals surface area contributed by atoms with E-state index < -0.39 is 0 Å². The lowest BCUT2D eigenvalue weighted by Gasteiger charge is -2.28. The zero-order valence-electron chi connectivity index (χ0n) is 12.3. The fourth-order valence-corrected chi connectivity index (χ4v) is 1.78. The van der Waals surface area contributed by atoms with Crippen LogP contribution in [0.4, 0.5) is 0 Å². The van der Waals surface area contributed by atoms with Crippen LogP contribution in [0.1, 0.15) is 27.2 Å². The van der Waals surface area contributed by atoms with Gasteiger partial charge in [-0.25, -0.2) is 0 Å². The van der Waals surface area contributed by atoms with Gasteiger partial charge in [-0.2, -0.15) is 0 Å². The second-order valence-corrected chi connectivity index (χ2v) is 6.26. The Morgan fingerprint density at radius 1 is 1.18 bits per heavy atom. The van der Waals surface area contributed by atoms with E-state index in [0.717, 1.165) is 19.5 Å². The molecule has 0 aliphatic carbocycles. The lowest BCUT2D eigenvalue weighted by atomic mass is 9.84. The van der Waals surface area contributed by atoms with Gasteiger partial charge in [-0.15, -0.1) is 0 Å². The molecular weight excluding hydrogens is 214 g/mol. The second kappa shape index (κ2) is 6.97. The molecular formula is C13H29N3O. The maximum absolute atomic E-state index is 12.2. The van der Waals surface area contributed by atoms with Gasteiger partial charge in [0.05, 0.1) is 5.92 Å². The Morgan fingerprint density at radius 3 is 2.06 bits per heavy atom. The van der Waals surface area contributed by atoms with Crippen molar-refractivity contribution < 1.29 is 4.79 Å². The molecule has 1 amide bonds. The summed E-state index contributed by atoms with van der Waals surface area (Å²) in [6, 6.07) is 0. The van der Waals surface area contributed by atoms with Crippen molar-refractivity contribution in [3.05, 3.63) is 0 Å². The summed E-state index contributed by atoms with van der Waals surface area (Å²) < 4.78 is 0. The van der Waals surface area contributed by atoms with Gasteiger partial charge in [0.15, 0.2) is 0 Å². The predicted molar refractivity (Wildman–Crippen MR) is 72.8 cm³/mol. The van der Waals surface area contributed by atoms with Crippen molar-refractivity contribution in [2.75, 3.05) is 40.8 Å². The quantitative estimate of drug-likeness (QED) is 0.757. The second-order valence-electron chi connectivity index (χ2n) is 6.26. The summed E-state index contributed by atoms with van der Waals surface area (Å²) in [5, 5.41) is 0. The summed E-state index contributed by atoms with van der Waals surface area (Å²) in [6.07, 6.45) is 0.842. The minimum Gasteiger partial charge on any atom is -0.344 e. The van der Waals surface area contributed by atoms with Crippen molar-refractivity contribution in [3.63, 3.8) is 0 Å². The molecule has 1 atom stereocenters. The Bertz CT molecular complexity index is 233. The lowest BCUT2D eigenvalue weighted by molar-refractivity contribution is -0.135. The molecule has 17 heavy (non-hydrogen) atoms. The van der Waals surface area contributed by atoms with Gasteiger partial charge in [0.25, 0.3) is 0 Å². The molecule has 0 rings (SSSR count). The van der Waals surface area contributed by atoms with E-state index >= 15 is 0 Å². The summed E-state index contributed by atoms with van der Waals surface area (Å²) in [4.78, 5) is 16.1. The number of hydrogen-bond acceptors (Lipinski definition) is 3. The first kappa shape index (κ1) is 16.4. The SMILES string of the molecule is CN(C)CCN(C)C(=O)C(CN)CC(C)(C)C. The lowest BCUT2D eigenvalue weighted by Crippen LogP contribution is -2.41. The van der Waals surface area contributed by atoms with Crippen molar-refractivity contribution in [1.82, 2.24) is 9.80 Å². The third kappa shape index (κ3) is 7.34. The maximum atomic E-state index is 12.2. The van der Waals surface area contributed by atoms with Crippen molar-refractivity contribution >= 4 is 5.91 Å². The summed E-state index contributed by atoms with van der Waals surface area (Å²) in [5.41, 5.74) is 5.86. The molecule has 0 aromatic heterocycles. The van der Waals surface area contributed by atoms with Crippen molar-refractivity contribution in [2.45, 2.75) is 27.2 Å². The molecule has 4 heteroatoms. The average Bonchev–Trinajstić information content (AvgIpc) is 2.20. The molecule has 0 saturated heterocycles. The third-order valence-electron chi connectivity index (χ3n) is 2.75. The Hall–Kier alpha value is -0.610. The van der Waals surface area contributed by atoms with Crippen LogP contribution in [-0.4, -0.2) is 56.5 Å². The van der Waals surface area contributed by atoms with Crippen LogP contribution in [0.2, 0.25) is 0 Å². The van der Waals surface area contributed by atoms with Gasteiger partial charge < -0.3 is 15.5 Å². The number of likely N-dealkylation sites (N-methyl/N-ethyl adjacent to an activating group) is 2. The van der Waals surface area contributed by atoms with E-state index in [1.165, 1.54) is 0 Å². The number of rotatable bonds is 6. The number of amides is 1. The Labute approximate surface area is 106 Å². The van der Waals surface area contributed by atoms with Crippen LogP contribution < -0.4 is 5.73 Å². The van der Waals surface area contributed by atoms with Gasteiger partial charge in [0.1, 0.15) is 0 Å². The Kier molecular flexibility index (Phi) is 6.72. The van der Waals surface area contributed by atoms with Crippen LogP contribution in [0.5, 0.6) is 0 Å². The van der Waals surface area contributed by atoms with Crippen molar-refractivity contribution in [2.24, 2.45) is 17.1 Å². The summed E-state index contributed by atoms with van der Waals surface area (Å²) in [6.45, 7) is 8.50. The average molecular weight is 243 g/mol. The van der Waals surface area contributed by atoms with Gasteiger partial charge in [-0.3, -0.25) is 4.79 Å². The highest BCUT2D eigenvalue weighted by atomic mass is 16.2. The first-order chi connectivity index (χ1) is 7.67. The monoisotopic (exact) mass is 243 g/mol. The predicted octanol–water partition coefficient (Wildman–Crippen LogP) is 1.02. The Balaban J connectivity index is 4.33. The molecule has 1 unspecified atom stereocenters. The number of carbonyl (C=O) groups is 1. The van der Waals surface area contributed by atoms with E-state index in [4.69, 9.17) is 5.73 Å². The molecule has 0 aliphatic heterocycles. The molecule has 0 saturated carbocycles. The molecule has 102 valence electrons. The van der Waals surface area contributed by atoms with Gasteiger partial charge in [-0.1, -0.05) is 20.8 Å². The van der Waals surface area contributed by atoms with Gasteiger partial charge >= 0.3 is 0 Å². The number of nitrogens with two attached hydrogens (primary N) is 1. The van der Waals surface area contributed by atoms with E-state index in [2.05, 4.69) is 25.7 Å². The minimum absolute atomic E-state index is 0.0536. The zero-order valence-corrected chi connectivity index (χ0v) is 12.3. The largest absolute Gasteiger partial charge is 0.344 e. The molecule has 0 fully saturated rings. The van der Waals surface area contributed by atoms with Gasteiger partial charge in [-0.05, 0) is 25.9 Å². The normalized spacial score (nSPS) is 13.9. The molecule has 0 radical (unpaired) electrons. The van der Waals surface area contributed by atoms with Crippen LogP contribution >= 0.6 is 0 Å². The molecule has 0 aromatic carbocycles. The highest BCUT2D eigenvalue weighted by Crippen LogP contribution is 2.24. The van der Waals surface area contributed by atoms with Crippen LogP contribution in [0.3, 0.4) is 0 Å². The molecule has 0 aromatic rings. The molecule has 0 heterocycles. The highest BCUT2D eigenvalue weighted by molar-refractivity contribution is 5.78. The van der Waals surface area contributed by atoms with E-state index in [-0.39, 0.29) is 17.2 Å². The van der Waals surface area contributed by atoms with Crippen LogP contribution in [0.15, 0.2) is 0 Å². The number of carbonyl (C=O) groups excluding carboxylic acids is 1. The van der Waals surface area contributed by atoms with Crippen LogP contribution in [0, 0.1) is 11.3 Å². The third-order valence-corrected chi connectivity index (χ3v) is 2.75. The minimum atomic E-state index is -0.0536.